The van der Waals surface area contributed by atoms with Crippen molar-refractivity contribution >= 4 is 15.9 Å². The van der Waals surface area contributed by atoms with E-state index in [0.29, 0.717) is 0 Å². The van der Waals surface area contributed by atoms with Gasteiger partial charge in [0.25, 0.3) is 0 Å². The van der Waals surface area contributed by atoms with Gasteiger partial charge in [-0.05, 0) is 24.5 Å². The van der Waals surface area contributed by atoms with Gasteiger partial charge in [0.05, 0.1) is 18.8 Å². The Balaban J connectivity index is 2.07. The van der Waals surface area contributed by atoms with Gasteiger partial charge in [0.2, 0.25) is 15.9 Å². The van der Waals surface area contributed by atoms with Crippen molar-refractivity contribution in [2.24, 2.45) is 0 Å². The van der Waals surface area contributed by atoms with Gasteiger partial charge in [-0.3, -0.25) is 4.79 Å². The highest BCUT2D eigenvalue weighted by atomic mass is 32.2. The van der Waals surface area contributed by atoms with Crippen LogP contribution < -0.4 is 5.32 Å². The molecule has 0 radical (unpaired) electrons. The molecule has 1 N–H and O–H groups in total. The Hall–Kier alpha value is -2.18. The molecule has 0 heterocycles. The first-order chi connectivity index (χ1) is 12.3. The molecule has 0 saturated heterocycles. The van der Waals surface area contributed by atoms with Crippen LogP contribution in [0, 0.1) is 6.92 Å². The fraction of sp³-hybridized carbons (Fsp3) is 0.350. The standard InChI is InChI=1S/C20H26N2O3S/c1-4-19(18-12-10-16(2)11-13-18)21-20(23)15-22(26(3,24)25)14-17-8-6-5-7-9-17/h5-13,19H,4,14-15H2,1-3H3,(H,21,23). The van der Waals surface area contributed by atoms with Gasteiger partial charge in [0, 0.05) is 6.54 Å². The number of carbonyl (C=O) groups excluding carboxylic acids is 1. The molecule has 0 aromatic heterocycles. The molecular formula is C20H26N2O3S. The van der Waals surface area contributed by atoms with Gasteiger partial charge in [-0.1, -0.05) is 67.1 Å². The number of hydrogen-bond acceptors (Lipinski definition) is 3. The summed E-state index contributed by atoms with van der Waals surface area (Å²) in [6.45, 7) is 3.98. The third kappa shape index (κ3) is 5.97. The summed E-state index contributed by atoms with van der Waals surface area (Å²) >= 11 is 0. The number of nitrogens with zero attached hydrogens (tertiary/aromatic N) is 1. The van der Waals surface area contributed by atoms with E-state index in [9.17, 15) is 13.2 Å². The van der Waals surface area contributed by atoms with Gasteiger partial charge in [-0.25, -0.2) is 8.42 Å². The Labute approximate surface area is 156 Å². The normalized spacial score (nSPS) is 12.8. The number of hydrogen-bond donors (Lipinski definition) is 1. The third-order valence-corrected chi connectivity index (χ3v) is 5.41. The zero-order valence-electron chi connectivity index (χ0n) is 15.5. The zero-order valence-corrected chi connectivity index (χ0v) is 16.3. The lowest BCUT2D eigenvalue weighted by atomic mass is 10.0. The number of benzene rings is 2. The molecule has 0 aliphatic heterocycles. The average molecular weight is 375 g/mol. The maximum Gasteiger partial charge on any atom is 0.235 e. The van der Waals surface area contributed by atoms with Gasteiger partial charge in [0.1, 0.15) is 0 Å². The zero-order chi connectivity index (χ0) is 19.2. The van der Waals surface area contributed by atoms with E-state index in [-0.39, 0.29) is 25.0 Å². The summed E-state index contributed by atoms with van der Waals surface area (Å²) in [5.41, 5.74) is 3.01. The van der Waals surface area contributed by atoms with Crippen molar-refractivity contribution in [1.82, 2.24) is 9.62 Å². The molecule has 1 unspecified atom stereocenters. The molecule has 26 heavy (non-hydrogen) atoms. The minimum absolute atomic E-state index is 0.138. The maximum atomic E-state index is 12.5. The SMILES string of the molecule is CCC(NC(=O)CN(Cc1ccccc1)S(C)(=O)=O)c1ccc(C)cc1. The van der Waals surface area contributed by atoms with E-state index < -0.39 is 10.0 Å². The van der Waals surface area contributed by atoms with E-state index in [0.717, 1.165) is 29.4 Å². The molecule has 0 aliphatic carbocycles. The van der Waals surface area contributed by atoms with E-state index in [2.05, 4.69) is 5.32 Å². The predicted molar refractivity (Wildman–Crippen MR) is 104 cm³/mol. The molecule has 0 bridgehead atoms. The maximum absolute atomic E-state index is 12.5. The molecule has 140 valence electrons. The van der Waals surface area contributed by atoms with Crippen LogP contribution in [0.4, 0.5) is 0 Å². The first-order valence-electron chi connectivity index (χ1n) is 8.64. The summed E-state index contributed by atoms with van der Waals surface area (Å²) in [5.74, 6) is -0.307. The summed E-state index contributed by atoms with van der Waals surface area (Å²) in [5, 5.41) is 2.95. The van der Waals surface area contributed by atoms with Crippen molar-refractivity contribution in [3.05, 3.63) is 71.3 Å². The van der Waals surface area contributed by atoms with E-state index in [1.54, 1.807) is 0 Å². The van der Waals surface area contributed by atoms with Crippen LogP contribution in [0.1, 0.15) is 36.1 Å². The fourth-order valence-corrected chi connectivity index (χ4v) is 3.43. The van der Waals surface area contributed by atoms with E-state index >= 15 is 0 Å². The molecule has 1 atom stereocenters. The Kier molecular flexibility index (Phi) is 6.94. The molecular weight excluding hydrogens is 348 g/mol. The first-order valence-corrected chi connectivity index (χ1v) is 10.5. The van der Waals surface area contributed by atoms with Crippen LogP contribution in [0.5, 0.6) is 0 Å². The van der Waals surface area contributed by atoms with Crippen LogP contribution >= 0.6 is 0 Å². The highest BCUT2D eigenvalue weighted by Gasteiger charge is 2.22. The number of carbonyl (C=O) groups is 1. The second-order valence-electron chi connectivity index (χ2n) is 6.46. The van der Waals surface area contributed by atoms with Crippen LogP contribution in [-0.2, 0) is 21.4 Å². The lowest BCUT2D eigenvalue weighted by Crippen LogP contribution is -2.41. The molecule has 0 fully saturated rings. The van der Waals surface area contributed by atoms with Crippen LogP contribution in [0.25, 0.3) is 0 Å². The van der Waals surface area contributed by atoms with Gasteiger partial charge in [-0.15, -0.1) is 0 Å². The van der Waals surface area contributed by atoms with Gasteiger partial charge >= 0.3 is 0 Å². The quantitative estimate of drug-likeness (QED) is 0.772. The Morgan fingerprint density at radius 3 is 2.23 bits per heavy atom. The smallest absolute Gasteiger partial charge is 0.235 e. The van der Waals surface area contributed by atoms with Crippen molar-refractivity contribution in [3.63, 3.8) is 0 Å². The largest absolute Gasteiger partial charge is 0.348 e. The minimum Gasteiger partial charge on any atom is -0.348 e. The number of nitrogens with one attached hydrogen (secondary N) is 1. The van der Waals surface area contributed by atoms with Crippen molar-refractivity contribution < 1.29 is 13.2 Å². The van der Waals surface area contributed by atoms with Crippen LogP contribution in [0.15, 0.2) is 54.6 Å². The van der Waals surface area contributed by atoms with Crippen LogP contribution in [0.3, 0.4) is 0 Å². The second kappa shape index (κ2) is 8.96. The topological polar surface area (TPSA) is 66.5 Å². The lowest BCUT2D eigenvalue weighted by molar-refractivity contribution is -0.122. The molecule has 2 rings (SSSR count). The van der Waals surface area contributed by atoms with Crippen LogP contribution in [-0.4, -0.2) is 31.4 Å². The molecule has 0 saturated carbocycles. The average Bonchev–Trinajstić information content (AvgIpc) is 2.60. The highest BCUT2D eigenvalue weighted by Crippen LogP contribution is 2.17. The molecule has 2 aromatic rings. The van der Waals surface area contributed by atoms with E-state index in [1.165, 1.54) is 4.31 Å². The van der Waals surface area contributed by atoms with E-state index in [4.69, 9.17) is 0 Å². The molecule has 0 aliphatic rings. The Morgan fingerprint density at radius 2 is 1.69 bits per heavy atom. The number of aryl methyl sites for hydroxylation is 1. The predicted octanol–water partition coefficient (Wildman–Crippen LogP) is 3.02. The highest BCUT2D eigenvalue weighted by molar-refractivity contribution is 7.88. The number of rotatable bonds is 8. The minimum atomic E-state index is -3.50. The molecule has 0 spiro atoms. The van der Waals surface area contributed by atoms with Gasteiger partial charge < -0.3 is 5.32 Å². The monoisotopic (exact) mass is 374 g/mol. The van der Waals surface area contributed by atoms with Gasteiger partial charge in [0.15, 0.2) is 0 Å². The summed E-state index contributed by atoms with van der Waals surface area (Å²) in [7, 11) is -3.50. The van der Waals surface area contributed by atoms with Crippen molar-refractivity contribution in [2.75, 3.05) is 12.8 Å². The second-order valence-corrected chi connectivity index (χ2v) is 8.44. The molecule has 5 nitrogen and oxygen atoms in total. The summed E-state index contributed by atoms with van der Waals surface area (Å²) < 4.78 is 25.4. The first kappa shape index (κ1) is 20.1. The molecule has 1 amide bonds. The Bertz CT molecular complexity index is 818. The summed E-state index contributed by atoms with van der Waals surface area (Å²) in [4.78, 5) is 12.5. The molecule has 2 aromatic carbocycles. The third-order valence-electron chi connectivity index (χ3n) is 4.21. The Morgan fingerprint density at radius 1 is 1.08 bits per heavy atom. The van der Waals surface area contributed by atoms with E-state index in [1.807, 2.05) is 68.4 Å². The number of amides is 1. The summed E-state index contributed by atoms with van der Waals surface area (Å²) in [6.07, 6.45) is 1.85. The molecule has 6 heteroatoms. The van der Waals surface area contributed by atoms with Crippen molar-refractivity contribution in [2.45, 2.75) is 32.9 Å². The van der Waals surface area contributed by atoms with Crippen LogP contribution in [0.2, 0.25) is 0 Å². The lowest BCUT2D eigenvalue weighted by Gasteiger charge is -2.22. The van der Waals surface area contributed by atoms with Crippen molar-refractivity contribution in [3.8, 4) is 0 Å². The number of sulfonamides is 1. The van der Waals surface area contributed by atoms with Gasteiger partial charge in [-0.2, -0.15) is 4.31 Å². The fourth-order valence-electron chi connectivity index (χ4n) is 2.70. The summed E-state index contributed by atoms with van der Waals surface area (Å²) in [6, 6.07) is 17.1. The van der Waals surface area contributed by atoms with Crippen molar-refractivity contribution in [1.29, 1.82) is 0 Å².